The van der Waals surface area contributed by atoms with E-state index in [9.17, 15) is 4.39 Å². The van der Waals surface area contributed by atoms with Gasteiger partial charge >= 0.3 is 0 Å². The average Bonchev–Trinajstić information content (AvgIpc) is 2.75. The van der Waals surface area contributed by atoms with Crippen LogP contribution in [0.1, 0.15) is 37.7 Å². The third-order valence-electron chi connectivity index (χ3n) is 5.46. The molecule has 3 nitrogen and oxygen atoms in total. The number of rotatable bonds is 6. The highest BCUT2D eigenvalue weighted by Crippen LogP contribution is 2.34. The van der Waals surface area contributed by atoms with E-state index in [1.54, 1.807) is 12.3 Å². The van der Waals surface area contributed by atoms with Crippen LogP contribution in [0.5, 0.6) is 0 Å². The first-order valence-electron chi connectivity index (χ1n) is 10.3. The van der Waals surface area contributed by atoms with Crippen LogP contribution in [0, 0.1) is 5.82 Å². The lowest BCUT2D eigenvalue weighted by Crippen LogP contribution is -2.22. The lowest BCUT2D eigenvalue weighted by atomic mass is 9.95. The van der Waals surface area contributed by atoms with Gasteiger partial charge in [-0.3, -0.25) is 0 Å². The maximum atomic E-state index is 13.4. The molecule has 30 heavy (non-hydrogen) atoms. The van der Waals surface area contributed by atoms with Gasteiger partial charge in [-0.1, -0.05) is 60.7 Å². The minimum atomic E-state index is -0.254. The number of pyridine rings is 1. The molecular weight excluding hydrogens is 420 g/mol. The van der Waals surface area contributed by atoms with Gasteiger partial charge in [-0.2, -0.15) is 0 Å². The number of anilines is 2. The van der Waals surface area contributed by atoms with Crippen LogP contribution in [0.3, 0.4) is 0 Å². The van der Waals surface area contributed by atoms with E-state index >= 15 is 0 Å². The molecule has 1 aliphatic rings. The fourth-order valence-corrected chi connectivity index (χ4v) is 4.26. The van der Waals surface area contributed by atoms with E-state index in [1.807, 2.05) is 30.3 Å². The first-order valence-corrected chi connectivity index (χ1v) is 11.0. The molecule has 0 aliphatic heterocycles. The number of hydrogen-bond acceptors (Lipinski definition) is 3. The Kier molecular flexibility index (Phi) is 6.76. The summed E-state index contributed by atoms with van der Waals surface area (Å²) in [4.78, 5) is 4.46. The second-order valence-corrected chi connectivity index (χ2v) is 8.52. The van der Waals surface area contributed by atoms with E-state index in [0.717, 1.165) is 28.2 Å². The summed E-state index contributed by atoms with van der Waals surface area (Å²) >= 11 is 12.9. The second kappa shape index (κ2) is 9.67. The van der Waals surface area contributed by atoms with Crippen LogP contribution >= 0.6 is 23.2 Å². The molecule has 0 bridgehead atoms. The minimum absolute atomic E-state index is 0.254. The fourth-order valence-electron chi connectivity index (χ4n) is 3.87. The summed E-state index contributed by atoms with van der Waals surface area (Å²) in [5.41, 5.74) is 3.46. The van der Waals surface area contributed by atoms with Crippen LogP contribution in [0.15, 0.2) is 54.7 Å². The molecule has 0 saturated heterocycles. The van der Waals surface area contributed by atoms with Gasteiger partial charge < -0.3 is 10.6 Å². The van der Waals surface area contributed by atoms with Gasteiger partial charge in [-0.15, -0.1) is 0 Å². The van der Waals surface area contributed by atoms with Crippen LogP contribution < -0.4 is 10.6 Å². The maximum absolute atomic E-state index is 13.4. The highest BCUT2D eigenvalue weighted by molar-refractivity contribution is 6.34. The number of halogens is 3. The van der Waals surface area contributed by atoms with Crippen LogP contribution in [-0.4, -0.2) is 11.0 Å². The van der Waals surface area contributed by atoms with Crippen molar-refractivity contribution in [2.75, 3.05) is 10.6 Å². The SMILES string of the molecule is Fc1cccc(CNc2cc(-c3cc(NC4CCCCC4)ncc3Cl)ccc2Cl)c1. The van der Waals surface area contributed by atoms with Crippen molar-refractivity contribution in [3.05, 3.63) is 76.2 Å². The van der Waals surface area contributed by atoms with Gasteiger partial charge in [0, 0.05) is 24.3 Å². The second-order valence-electron chi connectivity index (χ2n) is 7.71. The van der Waals surface area contributed by atoms with Crippen molar-refractivity contribution >= 4 is 34.7 Å². The summed E-state index contributed by atoms with van der Waals surface area (Å²) in [5, 5.41) is 8.03. The molecule has 2 aromatic carbocycles. The molecule has 0 spiro atoms. The molecule has 6 heteroatoms. The number of nitrogens with zero attached hydrogens (tertiary/aromatic N) is 1. The van der Waals surface area contributed by atoms with Gasteiger partial charge in [0.25, 0.3) is 0 Å². The quantitative estimate of drug-likeness (QED) is 0.412. The van der Waals surface area contributed by atoms with Crippen molar-refractivity contribution in [3.8, 4) is 11.1 Å². The molecule has 156 valence electrons. The van der Waals surface area contributed by atoms with Crippen LogP contribution in [0.25, 0.3) is 11.1 Å². The average molecular weight is 444 g/mol. The monoisotopic (exact) mass is 443 g/mol. The van der Waals surface area contributed by atoms with Gasteiger partial charge in [0.2, 0.25) is 0 Å². The molecule has 3 aromatic rings. The van der Waals surface area contributed by atoms with Crippen LogP contribution in [-0.2, 0) is 6.54 Å². The van der Waals surface area contributed by atoms with E-state index in [2.05, 4.69) is 15.6 Å². The van der Waals surface area contributed by atoms with Gasteiger partial charge in [0.1, 0.15) is 11.6 Å². The molecule has 0 radical (unpaired) electrons. The normalized spacial score (nSPS) is 14.5. The Morgan fingerprint density at radius 1 is 0.967 bits per heavy atom. The Morgan fingerprint density at radius 3 is 2.60 bits per heavy atom. The highest BCUT2D eigenvalue weighted by Gasteiger charge is 2.15. The Bertz CT molecular complexity index is 1020. The number of benzene rings is 2. The van der Waals surface area contributed by atoms with E-state index in [1.165, 1.54) is 44.2 Å². The lowest BCUT2D eigenvalue weighted by molar-refractivity contribution is 0.462. The largest absolute Gasteiger partial charge is 0.380 e. The summed E-state index contributed by atoms with van der Waals surface area (Å²) in [6.45, 7) is 0.472. The van der Waals surface area contributed by atoms with Crippen LogP contribution in [0.4, 0.5) is 15.9 Å². The Morgan fingerprint density at radius 2 is 1.80 bits per heavy atom. The van der Waals surface area contributed by atoms with E-state index in [0.29, 0.717) is 22.6 Å². The molecular formula is C24H24Cl2FN3. The number of aromatic nitrogens is 1. The topological polar surface area (TPSA) is 37.0 Å². The first-order chi connectivity index (χ1) is 14.6. The molecule has 4 rings (SSSR count). The van der Waals surface area contributed by atoms with E-state index in [4.69, 9.17) is 23.2 Å². The predicted molar refractivity (Wildman–Crippen MR) is 124 cm³/mol. The van der Waals surface area contributed by atoms with Crippen molar-refractivity contribution in [1.82, 2.24) is 4.98 Å². The summed E-state index contributed by atoms with van der Waals surface area (Å²) in [6, 6.07) is 14.7. The Balaban J connectivity index is 1.54. The van der Waals surface area contributed by atoms with Crippen molar-refractivity contribution in [1.29, 1.82) is 0 Å². The summed E-state index contributed by atoms with van der Waals surface area (Å²) < 4.78 is 13.4. The molecule has 0 unspecified atom stereocenters. The number of hydrogen-bond donors (Lipinski definition) is 2. The molecule has 0 atom stereocenters. The summed E-state index contributed by atoms with van der Waals surface area (Å²) in [7, 11) is 0. The van der Waals surface area contributed by atoms with Crippen molar-refractivity contribution in [2.45, 2.75) is 44.7 Å². The summed E-state index contributed by atoms with van der Waals surface area (Å²) in [5.74, 6) is 0.584. The number of nitrogens with one attached hydrogen (secondary N) is 2. The van der Waals surface area contributed by atoms with Crippen molar-refractivity contribution < 1.29 is 4.39 Å². The first kappa shape index (κ1) is 21.0. The van der Waals surface area contributed by atoms with Gasteiger partial charge in [0.05, 0.1) is 15.7 Å². The zero-order valence-corrected chi connectivity index (χ0v) is 18.1. The Hall–Kier alpha value is -2.30. The predicted octanol–water partition coefficient (Wildman–Crippen LogP) is 7.55. The Labute approximate surface area is 186 Å². The molecule has 0 amide bonds. The zero-order chi connectivity index (χ0) is 20.9. The van der Waals surface area contributed by atoms with Gasteiger partial charge in [-0.25, -0.2) is 9.37 Å². The third kappa shape index (κ3) is 5.24. The third-order valence-corrected chi connectivity index (χ3v) is 6.09. The molecule has 1 heterocycles. The fraction of sp³-hybridized carbons (Fsp3) is 0.292. The summed E-state index contributed by atoms with van der Waals surface area (Å²) in [6.07, 6.45) is 7.87. The van der Waals surface area contributed by atoms with Crippen molar-refractivity contribution in [3.63, 3.8) is 0 Å². The van der Waals surface area contributed by atoms with Gasteiger partial charge in [0.15, 0.2) is 0 Å². The molecule has 2 N–H and O–H groups in total. The molecule has 1 aromatic heterocycles. The van der Waals surface area contributed by atoms with Crippen LogP contribution in [0.2, 0.25) is 10.0 Å². The minimum Gasteiger partial charge on any atom is -0.380 e. The maximum Gasteiger partial charge on any atom is 0.126 e. The van der Waals surface area contributed by atoms with Gasteiger partial charge in [-0.05, 0) is 54.3 Å². The zero-order valence-electron chi connectivity index (χ0n) is 16.6. The van der Waals surface area contributed by atoms with E-state index in [-0.39, 0.29) is 5.82 Å². The van der Waals surface area contributed by atoms with E-state index < -0.39 is 0 Å². The lowest BCUT2D eigenvalue weighted by Gasteiger charge is -2.23. The smallest absolute Gasteiger partial charge is 0.126 e. The molecule has 1 aliphatic carbocycles. The highest BCUT2D eigenvalue weighted by atomic mass is 35.5. The van der Waals surface area contributed by atoms with Crippen molar-refractivity contribution in [2.24, 2.45) is 0 Å². The molecule has 1 saturated carbocycles. The standard InChI is InChI=1S/C24H24Cl2FN3/c25-21-10-9-17(12-23(21)28-14-16-5-4-6-18(27)11-16)20-13-24(29-15-22(20)26)30-19-7-2-1-3-8-19/h4-6,9-13,15,19,28H,1-3,7-8,14H2,(H,29,30). The molecule has 1 fully saturated rings.